The average Bonchev–Trinajstić information content (AvgIpc) is 3.07. The Morgan fingerprint density at radius 1 is 1.30 bits per heavy atom. The summed E-state index contributed by atoms with van der Waals surface area (Å²) < 4.78 is 17.0. The maximum atomic E-state index is 12.3. The predicted octanol–water partition coefficient (Wildman–Crippen LogP) is 4.33. The molecule has 2 aromatic carbocycles. The first kappa shape index (κ1) is 21.3. The molecule has 0 unspecified atom stereocenters. The molecule has 0 aromatic heterocycles. The van der Waals surface area contributed by atoms with Crippen LogP contribution in [0.4, 0.5) is 5.69 Å². The Kier molecular flexibility index (Phi) is 6.68. The van der Waals surface area contributed by atoms with E-state index in [1.807, 2.05) is 0 Å². The lowest BCUT2D eigenvalue weighted by molar-refractivity contribution is -0.129. The van der Waals surface area contributed by atoms with Crippen LogP contribution in [-0.2, 0) is 14.3 Å². The number of aliphatic imine (C=N–C) groups is 1. The molecule has 1 heterocycles. The molecule has 0 spiro atoms. The van der Waals surface area contributed by atoms with Crippen LogP contribution in [0, 0.1) is 0 Å². The predicted molar refractivity (Wildman–Crippen MR) is 118 cm³/mol. The Balaban J connectivity index is 1.87. The number of benzene rings is 2. The van der Waals surface area contributed by atoms with E-state index in [0.717, 1.165) is 0 Å². The van der Waals surface area contributed by atoms with Crippen LogP contribution >= 0.6 is 15.9 Å². The molecular weight excluding hydrogens is 452 g/mol. The number of ether oxygens (including phenoxy) is 3. The molecule has 3 rings (SSSR count). The molecule has 0 fully saturated rings. The number of halogens is 1. The lowest BCUT2D eigenvalue weighted by atomic mass is 10.1. The molecular formula is C22H19BrN2O5. The fraction of sp³-hybridized carbons (Fsp3) is 0.136. The van der Waals surface area contributed by atoms with Crippen molar-refractivity contribution >= 4 is 45.5 Å². The van der Waals surface area contributed by atoms with Crippen molar-refractivity contribution in [2.24, 2.45) is 4.99 Å². The first-order valence-corrected chi connectivity index (χ1v) is 9.72. The number of nitrogens with zero attached hydrogens (tertiary/aromatic N) is 1. The molecule has 0 saturated heterocycles. The maximum absolute atomic E-state index is 12.3. The van der Waals surface area contributed by atoms with Crippen molar-refractivity contribution in [2.45, 2.75) is 6.92 Å². The fourth-order valence-electron chi connectivity index (χ4n) is 2.70. The zero-order valence-corrected chi connectivity index (χ0v) is 18.0. The topological polar surface area (TPSA) is 86.2 Å². The van der Waals surface area contributed by atoms with Gasteiger partial charge < -0.3 is 19.5 Å². The van der Waals surface area contributed by atoms with Gasteiger partial charge in [-0.15, -0.1) is 0 Å². The normalized spacial score (nSPS) is 14.2. The van der Waals surface area contributed by atoms with Gasteiger partial charge in [-0.2, -0.15) is 0 Å². The van der Waals surface area contributed by atoms with E-state index in [9.17, 15) is 9.59 Å². The summed E-state index contributed by atoms with van der Waals surface area (Å²) in [5.41, 5.74) is 2.10. The van der Waals surface area contributed by atoms with Crippen molar-refractivity contribution in [3.63, 3.8) is 0 Å². The minimum absolute atomic E-state index is 0.157. The Hall–Kier alpha value is -3.39. The van der Waals surface area contributed by atoms with Crippen LogP contribution in [0.2, 0.25) is 0 Å². The van der Waals surface area contributed by atoms with Crippen LogP contribution in [-0.4, -0.2) is 31.5 Å². The zero-order chi connectivity index (χ0) is 21.7. The van der Waals surface area contributed by atoms with E-state index in [0.29, 0.717) is 39.4 Å². The SMILES string of the molecule is C=CCOc1c(Br)cc(/C=C2\N=C(c3ccc(NC(C)=O)cc3)OC2=O)cc1OC. The number of carbonyl (C=O) groups excluding carboxylic acids is 2. The number of hydrogen-bond acceptors (Lipinski definition) is 6. The molecule has 0 bridgehead atoms. The van der Waals surface area contributed by atoms with Gasteiger partial charge >= 0.3 is 5.97 Å². The van der Waals surface area contributed by atoms with Gasteiger partial charge in [-0.05, 0) is 64.0 Å². The van der Waals surface area contributed by atoms with Gasteiger partial charge in [0.1, 0.15) is 6.61 Å². The summed E-state index contributed by atoms with van der Waals surface area (Å²) in [5.74, 6) is 0.509. The molecule has 0 aliphatic carbocycles. The van der Waals surface area contributed by atoms with Crippen molar-refractivity contribution in [3.05, 3.63) is 70.3 Å². The summed E-state index contributed by atoms with van der Waals surface area (Å²) in [6.45, 7) is 5.39. The Morgan fingerprint density at radius 2 is 2.03 bits per heavy atom. The van der Waals surface area contributed by atoms with Gasteiger partial charge in [0.05, 0.1) is 11.6 Å². The Bertz CT molecular complexity index is 1060. The first-order chi connectivity index (χ1) is 14.4. The maximum Gasteiger partial charge on any atom is 0.363 e. The van der Waals surface area contributed by atoms with Gasteiger partial charge in [0.15, 0.2) is 17.2 Å². The number of amides is 1. The molecule has 1 aliphatic rings. The van der Waals surface area contributed by atoms with Crippen LogP contribution in [0.15, 0.2) is 64.2 Å². The van der Waals surface area contributed by atoms with Gasteiger partial charge in [0.25, 0.3) is 0 Å². The van der Waals surface area contributed by atoms with Crippen molar-refractivity contribution in [1.82, 2.24) is 0 Å². The molecule has 1 aliphatic heterocycles. The van der Waals surface area contributed by atoms with Crippen LogP contribution < -0.4 is 14.8 Å². The molecule has 154 valence electrons. The fourth-order valence-corrected chi connectivity index (χ4v) is 3.27. The molecule has 0 radical (unpaired) electrons. The minimum atomic E-state index is -0.557. The van der Waals surface area contributed by atoms with Crippen molar-refractivity contribution in [1.29, 1.82) is 0 Å². The van der Waals surface area contributed by atoms with Gasteiger partial charge in [0, 0.05) is 18.2 Å². The molecule has 1 N–H and O–H groups in total. The second-order valence-corrected chi connectivity index (χ2v) is 7.08. The highest BCUT2D eigenvalue weighted by Gasteiger charge is 2.24. The number of rotatable bonds is 7. The third-order valence-electron chi connectivity index (χ3n) is 3.97. The molecule has 8 heteroatoms. The lowest BCUT2D eigenvalue weighted by Crippen LogP contribution is -2.07. The van der Waals surface area contributed by atoms with E-state index in [1.54, 1.807) is 48.6 Å². The minimum Gasteiger partial charge on any atom is -0.493 e. The molecule has 0 saturated carbocycles. The number of hydrogen-bond donors (Lipinski definition) is 1. The van der Waals surface area contributed by atoms with Crippen LogP contribution in [0.5, 0.6) is 11.5 Å². The van der Waals surface area contributed by atoms with E-state index >= 15 is 0 Å². The quantitative estimate of drug-likeness (QED) is 0.369. The molecule has 7 nitrogen and oxygen atoms in total. The van der Waals surface area contributed by atoms with Crippen LogP contribution in [0.1, 0.15) is 18.1 Å². The van der Waals surface area contributed by atoms with E-state index < -0.39 is 5.97 Å². The smallest absolute Gasteiger partial charge is 0.363 e. The van der Waals surface area contributed by atoms with E-state index in [-0.39, 0.29) is 17.5 Å². The second-order valence-electron chi connectivity index (χ2n) is 6.23. The summed E-state index contributed by atoms with van der Waals surface area (Å²) in [5, 5.41) is 2.68. The third kappa shape index (κ3) is 4.96. The van der Waals surface area contributed by atoms with Gasteiger partial charge in [-0.3, -0.25) is 4.79 Å². The Morgan fingerprint density at radius 3 is 2.67 bits per heavy atom. The van der Waals surface area contributed by atoms with Crippen LogP contribution in [0.3, 0.4) is 0 Å². The lowest BCUT2D eigenvalue weighted by Gasteiger charge is -2.12. The van der Waals surface area contributed by atoms with E-state index in [1.165, 1.54) is 14.0 Å². The highest BCUT2D eigenvalue weighted by molar-refractivity contribution is 9.10. The van der Waals surface area contributed by atoms with Crippen molar-refractivity contribution in [2.75, 3.05) is 19.0 Å². The number of anilines is 1. The number of carbonyl (C=O) groups is 2. The van der Waals surface area contributed by atoms with Gasteiger partial charge in [0.2, 0.25) is 11.8 Å². The van der Waals surface area contributed by atoms with Crippen molar-refractivity contribution < 1.29 is 23.8 Å². The monoisotopic (exact) mass is 470 g/mol. The summed E-state index contributed by atoms with van der Waals surface area (Å²) in [7, 11) is 1.53. The zero-order valence-electron chi connectivity index (χ0n) is 16.4. The number of cyclic esters (lactones) is 1. The third-order valence-corrected chi connectivity index (χ3v) is 4.56. The van der Waals surface area contributed by atoms with Crippen molar-refractivity contribution in [3.8, 4) is 11.5 Å². The molecule has 0 atom stereocenters. The number of esters is 1. The first-order valence-electron chi connectivity index (χ1n) is 8.93. The van der Waals surface area contributed by atoms with Crippen LogP contribution in [0.25, 0.3) is 6.08 Å². The summed E-state index contributed by atoms with van der Waals surface area (Å²) in [6, 6.07) is 10.4. The summed E-state index contributed by atoms with van der Waals surface area (Å²) in [6.07, 6.45) is 3.24. The molecule has 2 aromatic rings. The molecule has 1 amide bonds. The second kappa shape index (κ2) is 9.41. The van der Waals surface area contributed by atoms with Gasteiger partial charge in [-0.1, -0.05) is 12.7 Å². The number of nitrogens with one attached hydrogen (secondary N) is 1. The average molecular weight is 471 g/mol. The standard InChI is InChI=1S/C22H19BrN2O5/c1-4-9-29-20-17(23)10-14(12-19(20)28-3)11-18-22(27)30-21(25-18)15-5-7-16(8-6-15)24-13(2)26/h4-8,10-12H,1,9H2,2-3H3,(H,24,26)/b18-11-. The summed E-state index contributed by atoms with van der Waals surface area (Å²) >= 11 is 3.46. The Labute approximate surface area is 182 Å². The number of methoxy groups -OCH3 is 1. The van der Waals surface area contributed by atoms with E-state index in [2.05, 4.69) is 32.8 Å². The summed E-state index contributed by atoms with van der Waals surface area (Å²) in [4.78, 5) is 27.7. The highest BCUT2D eigenvalue weighted by atomic mass is 79.9. The largest absolute Gasteiger partial charge is 0.493 e. The van der Waals surface area contributed by atoms with E-state index in [4.69, 9.17) is 14.2 Å². The molecule has 30 heavy (non-hydrogen) atoms. The van der Waals surface area contributed by atoms with Gasteiger partial charge in [-0.25, -0.2) is 9.79 Å². The highest BCUT2D eigenvalue weighted by Crippen LogP contribution is 2.37.